The average Bonchev–Trinajstić information content (AvgIpc) is 2.39. The maximum atomic E-state index is 6.13. The quantitative estimate of drug-likeness (QED) is 0.838. The first-order valence-corrected chi connectivity index (χ1v) is 8.37. The number of hydrogen-bond donors (Lipinski definition) is 1. The highest BCUT2D eigenvalue weighted by atomic mass is 15.1. The lowest BCUT2D eigenvalue weighted by Gasteiger charge is -2.44. The summed E-state index contributed by atoms with van der Waals surface area (Å²) in [7, 11) is 2.34. The van der Waals surface area contributed by atoms with E-state index in [1.807, 2.05) is 0 Å². The molecule has 112 valence electrons. The third kappa shape index (κ3) is 3.95. The first-order valence-electron chi connectivity index (χ1n) is 8.37. The molecule has 2 aliphatic carbocycles. The van der Waals surface area contributed by atoms with Crippen molar-refractivity contribution >= 4 is 0 Å². The maximum absolute atomic E-state index is 6.13. The highest BCUT2D eigenvalue weighted by molar-refractivity contribution is 4.89. The van der Waals surface area contributed by atoms with Crippen LogP contribution >= 0.6 is 0 Å². The molecule has 0 aromatic rings. The Morgan fingerprint density at radius 3 is 2.11 bits per heavy atom. The van der Waals surface area contributed by atoms with Crippen LogP contribution in [0.25, 0.3) is 0 Å². The molecule has 0 bridgehead atoms. The minimum Gasteiger partial charge on any atom is -0.330 e. The average molecular weight is 266 g/mol. The van der Waals surface area contributed by atoms with Gasteiger partial charge >= 0.3 is 0 Å². The summed E-state index contributed by atoms with van der Waals surface area (Å²) in [5.41, 5.74) is 7.14. The van der Waals surface area contributed by atoms with Gasteiger partial charge in [0, 0.05) is 12.6 Å². The number of nitrogens with two attached hydrogens (primary N) is 1. The molecule has 2 N–H and O–H groups in total. The summed E-state index contributed by atoms with van der Waals surface area (Å²) >= 11 is 0. The van der Waals surface area contributed by atoms with Crippen molar-refractivity contribution < 1.29 is 0 Å². The summed E-state index contributed by atoms with van der Waals surface area (Å²) < 4.78 is 0. The number of rotatable bonds is 4. The van der Waals surface area contributed by atoms with E-state index in [1.54, 1.807) is 0 Å². The lowest BCUT2D eigenvalue weighted by atomic mass is 9.72. The van der Waals surface area contributed by atoms with Crippen molar-refractivity contribution in [1.82, 2.24) is 4.90 Å². The second-order valence-electron chi connectivity index (χ2n) is 8.08. The molecular formula is C17H34N2. The lowest BCUT2D eigenvalue weighted by molar-refractivity contribution is 0.0667. The standard InChI is InChI=1S/C17H34N2/c1-16(2)11-7-15(8-12-16)19(3)14-17(13-18)9-5-4-6-10-17/h15H,4-14,18H2,1-3H3. The topological polar surface area (TPSA) is 29.3 Å². The molecule has 2 heteroatoms. The summed E-state index contributed by atoms with van der Waals surface area (Å²) in [6.45, 7) is 6.96. The van der Waals surface area contributed by atoms with Gasteiger partial charge in [0.15, 0.2) is 0 Å². The second-order valence-corrected chi connectivity index (χ2v) is 8.08. The van der Waals surface area contributed by atoms with Crippen LogP contribution in [0.5, 0.6) is 0 Å². The zero-order valence-electron chi connectivity index (χ0n) is 13.4. The molecule has 0 radical (unpaired) electrons. The van der Waals surface area contributed by atoms with Gasteiger partial charge in [-0.05, 0) is 62.9 Å². The monoisotopic (exact) mass is 266 g/mol. The van der Waals surface area contributed by atoms with Crippen LogP contribution in [0, 0.1) is 10.8 Å². The Bertz CT molecular complexity index is 269. The third-order valence-electron chi connectivity index (χ3n) is 5.86. The second kappa shape index (κ2) is 6.13. The van der Waals surface area contributed by atoms with Crippen molar-refractivity contribution in [2.75, 3.05) is 20.1 Å². The summed E-state index contributed by atoms with van der Waals surface area (Å²) in [6.07, 6.45) is 12.4. The summed E-state index contributed by atoms with van der Waals surface area (Å²) in [5.74, 6) is 0. The van der Waals surface area contributed by atoms with Crippen LogP contribution in [0.3, 0.4) is 0 Å². The van der Waals surface area contributed by atoms with Crippen molar-refractivity contribution in [3.8, 4) is 0 Å². The molecule has 2 rings (SSSR count). The van der Waals surface area contributed by atoms with Crippen LogP contribution < -0.4 is 5.73 Å². The Balaban J connectivity index is 1.87. The van der Waals surface area contributed by atoms with Gasteiger partial charge in [-0.3, -0.25) is 0 Å². The smallest absolute Gasteiger partial charge is 0.00928 e. The fourth-order valence-electron chi connectivity index (χ4n) is 4.21. The zero-order chi connectivity index (χ0) is 13.9. The normalized spacial score (nSPS) is 27.6. The van der Waals surface area contributed by atoms with E-state index in [9.17, 15) is 0 Å². The number of hydrogen-bond acceptors (Lipinski definition) is 2. The first-order chi connectivity index (χ1) is 8.96. The van der Waals surface area contributed by atoms with Crippen molar-refractivity contribution in [3.63, 3.8) is 0 Å². The van der Waals surface area contributed by atoms with E-state index < -0.39 is 0 Å². The highest BCUT2D eigenvalue weighted by Gasteiger charge is 2.35. The van der Waals surface area contributed by atoms with Gasteiger partial charge in [0.05, 0.1) is 0 Å². The SMILES string of the molecule is CN(CC1(CN)CCCCC1)C1CCC(C)(C)CC1. The van der Waals surface area contributed by atoms with Crippen LogP contribution in [-0.2, 0) is 0 Å². The molecule has 2 nitrogen and oxygen atoms in total. The van der Waals surface area contributed by atoms with Crippen LogP contribution in [0.4, 0.5) is 0 Å². The van der Waals surface area contributed by atoms with E-state index in [1.165, 1.54) is 64.3 Å². The summed E-state index contributed by atoms with van der Waals surface area (Å²) in [4.78, 5) is 2.65. The van der Waals surface area contributed by atoms with Crippen molar-refractivity contribution in [1.29, 1.82) is 0 Å². The van der Waals surface area contributed by atoms with Crippen LogP contribution in [0.2, 0.25) is 0 Å². The van der Waals surface area contributed by atoms with Crippen molar-refractivity contribution in [2.45, 2.75) is 77.7 Å². The maximum Gasteiger partial charge on any atom is 0.00928 e. The lowest BCUT2D eigenvalue weighted by Crippen LogP contribution is -2.47. The van der Waals surface area contributed by atoms with E-state index in [4.69, 9.17) is 5.73 Å². The molecule has 0 atom stereocenters. The van der Waals surface area contributed by atoms with Gasteiger partial charge in [-0.1, -0.05) is 33.1 Å². The first kappa shape index (κ1) is 15.3. The summed E-state index contributed by atoms with van der Waals surface area (Å²) in [6, 6.07) is 0.804. The van der Waals surface area contributed by atoms with Gasteiger partial charge in [-0.25, -0.2) is 0 Å². The molecule has 0 heterocycles. The van der Waals surface area contributed by atoms with Crippen molar-refractivity contribution in [3.05, 3.63) is 0 Å². The molecule has 0 aromatic heterocycles. The fourth-order valence-corrected chi connectivity index (χ4v) is 4.21. The van der Waals surface area contributed by atoms with E-state index in [2.05, 4.69) is 25.8 Å². The van der Waals surface area contributed by atoms with Crippen LogP contribution in [0.1, 0.15) is 71.6 Å². The Hall–Kier alpha value is -0.0800. The molecule has 0 spiro atoms. The predicted molar refractivity (Wildman–Crippen MR) is 83.2 cm³/mol. The number of nitrogens with zero attached hydrogens (tertiary/aromatic N) is 1. The van der Waals surface area contributed by atoms with Gasteiger partial charge in [-0.2, -0.15) is 0 Å². The largest absolute Gasteiger partial charge is 0.330 e. The molecule has 0 saturated heterocycles. The van der Waals surface area contributed by atoms with Crippen LogP contribution in [-0.4, -0.2) is 31.1 Å². The van der Waals surface area contributed by atoms with E-state index in [-0.39, 0.29) is 0 Å². The molecule has 2 saturated carbocycles. The Kier molecular flexibility index (Phi) is 4.94. The molecule has 0 aliphatic heterocycles. The molecular weight excluding hydrogens is 232 g/mol. The van der Waals surface area contributed by atoms with E-state index in [0.29, 0.717) is 10.8 Å². The van der Waals surface area contributed by atoms with Crippen LogP contribution in [0.15, 0.2) is 0 Å². The molecule has 0 aromatic carbocycles. The molecule has 0 unspecified atom stereocenters. The minimum absolute atomic E-state index is 0.431. The highest BCUT2D eigenvalue weighted by Crippen LogP contribution is 2.40. The third-order valence-corrected chi connectivity index (χ3v) is 5.86. The minimum atomic E-state index is 0.431. The van der Waals surface area contributed by atoms with Gasteiger partial charge < -0.3 is 10.6 Å². The molecule has 2 fully saturated rings. The molecule has 2 aliphatic rings. The Morgan fingerprint density at radius 2 is 1.58 bits per heavy atom. The Labute approximate surface area is 120 Å². The van der Waals surface area contributed by atoms with Gasteiger partial charge in [-0.15, -0.1) is 0 Å². The molecule has 19 heavy (non-hydrogen) atoms. The van der Waals surface area contributed by atoms with E-state index >= 15 is 0 Å². The predicted octanol–water partition coefficient (Wildman–Crippen LogP) is 3.80. The van der Waals surface area contributed by atoms with E-state index in [0.717, 1.165) is 12.6 Å². The Morgan fingerprint density at radius 1 is 1.00 bits per heavy atom. The summed E-state index contributed by atoms with van der Waals surface area (Å²) in [5, 5.41) is 0. The van der Waals surface area contributed by atoms with Crippen molar-refractivity contribution in [2.24, 2.45) is 16.6 Å². The van der Waals surface area contributed by atoms with Gasteiger partial charge in [0.2, 0.25) is 0 Å². The fraction of sp³-hybridized carbons (Fsp3) is 1.00. The molecule has 0 amide bonds. The zero-order valence-corrected chi connectivity index (χ0v) is 13.4. The van der Waals surface area contributed by atoms with Gasteiger partial charge in [0.25, 0.3) is 0 Å². The van der Waals surface area contributed by atoms with Gasteiger partial charge in [0.1, 0.15) is 0 Å².